The quantitative estimate of drug-likeness (QED) is 0.810. The van der Waals surface area contributed by atoms with Crippen LogP contribution in [0, 0.1) is 3.57 Å². The summed E-state index contributed by atoms with van der Waals surface area (Å²) in [5.74, 6) is 1.32. The van der Waals surface area contributed by atoms with Crippen LogP contribution >= 0.6 is 22.6 Å². The molecule has 0 aromatic heterocycles. The molecule has 0 heterocycles. The normalized spacial score (nSPS) is 11.4. The second-order valence-electron chi connectivity index (χ2n) is 4.25. The van der Waals surface area contributed by atoms with Crippen molar-refractivity contribution in [3.63, 3.8) is 0 Å². The van der Waals surface area contributed by atoms with Crippen molar-refractivity contribution < 1.29 is 5.11 Å². The van der Waals surface area contributed by atoms with Crippen LogP contribution in [0.1, 0.15) is 50.7 Å². The Balaban J connectivity index is 3.32. The predicted octanol–water partition coefficient (Wildman–Crippen LogP) is 4.24. The Morgan fingerprint density at radius 1 is 1.00 bits per heavy atom. The second kappa shape index (κ2) is 4.51. The molecule has 0 saturated heterocycles. The van der Waals surface area contributed by atoms with Crippen molar-refractivity contribution in [1.29, 1.82) is 0 Å². The Labute approximate surface area is 99.7 Å². The molecule has 0 bridgehead atoms. The third-order valence-corrected chi connectivity index (χ3v) is 3.60. The molecule has 2 heteroatoms. The largest absolute Gasteiger partial charge is 0.508 e. The molecule has 78 valence electrons. The van der Waals surface area contributed by atoms with Gasteiger partial charge >= 0.3 is 0 Å². The van der Waals surface area contributed by atoms with E-state index in [-0.39, 0.29) is 0 Å². The zero-order chi connectivity index (χ0) is 10.9. The first kappa shape index (κ1) is 11.8. The standard InChI is InChI=1S/C12H17IO/c1-7(2)10-5-9(14)6-11(8(3)4)12(10)13/h5-8,14H,1-4H3. The minimum Gasteiger partial charge on any atom is -0.508 e. The van der Waals surface area contributed by atoms with E-state index in [1.165, 1.54) is 14.7 Å². The van der Waals surface area contributed by atoms with Gasteiger partial charge < -0.3 is 5.11 Å². The molecule has 1 rings (SSSR count). The highest BCUT2D eigenvalue weighted by Gasteiger charge is 2.13. The highest BCUT2D eigenvalue weighted by atomic mass is 127. The van der Waals surface area contributed by atoms with E-state index in [0.29, 0.717) is 17.6 Å². The molecule has 0 aliphatic carbocycles. The van der Waals surface area contributed by atoms with Gasteiger partial charge in [-0.15, -0.1) is 0 Å². The number of hydrogen-bond acceptors (Lipinski definition) is 1. The predicted molar refractivity (Wildman–Crippen MR) is 69.0 cm³/mol. The Kier molecular flexibility index (Phi) is 3.81. The molecule has 0 aliphatic heterocycles. The van der Waals surface area contributed by atoms with Gasteiger partial charge in [-0.25, -0.2) is 0 Å². The SMILES string of the molecule is CC(C)c1cc(O)cc(C(C)C)c1I. The van der Waals surface area contributed by atoms with Crippen molar-refractivity contribution in [2.75, 3.05) is 0 Å². The summed E-state index contributed by atoms with van der Waals surface area (Å²) in [6.45, 7) is 8.62. The molecule has 0 fully saturated rings. The summed E-state index contributed by atoms with van der Waals surface area (Å²) < 4.78 is 1.30. The van der Waals surface area contributed by atoms with Crippen molar-refractivity contribution in [2.45, 2.75) is 39.5 Å². The Morgan fingerprint density at radius 3 is 1.64 bits per heavy atom. The first-order valence-electron chi connectivity index (χ1n) is 4.95. The molecule has 0 unspecified atom stereocenters. The molecule has 1 aromatic rings. The fourth-order valence-corrected chi connectivity index (χ4v) is 3.05. The number of phenols is 1. The summed E-state index contributed by atoms with van der Waals surface area (Å²) in [5, 5.41) is 9.61. The van der Waals surface area contributed by atoms with Gasteiger partial charge in [-0.05, 0) is 57.7 Å². The number of halogens is 1. The third kappa shape index (κ3) is 2.41. The van der Waals surface area contributed by atoms with E-state index in [4.69, 9.17) is 0 Å². The number of phenolic OH excluding ortho intramolecular Hbond substituents is 1. The van der Waals surface area contributed by atoms with Gasteiger partial charge in [0.1, 0.15) is 5.75 Å². The fraction of sp³-hybridized carbons (Fsp3) is 0.500. The molecule has 1 N–H and O–H groups in total. The van der Waals surface area contributed by atoms with E-state index in [2.05, 4.69) is 50.3 Å². The Hall–Kier alpha value is -0.250. The van der Waals surface area contributed by atoms with Gasteiger partial charge in [0.15, 0.2) is 0 Å². The van der Waals surface area contributed by atoms with Crippen molar-refractivity contribution in [2.24, 2.45) is 0 Å². The Bertz CT molecular complexity index is 300. The van der Waals surface area contributed by atoms with Gasteiger partial charge in [0.05, 0.1) is 0 Å². The molecule has 1 nitrogen and oxygen atoms in total. The van der Waals surface area contributed by atoms with Gasteiger partial charge in [0.25, 0.3) is 0 Å². The molecular formula is C12H17IO. The molecule has 0 atom stereocenters. The minimum absolute atomic E-state index is 0.387. The lowest BCUT2D eigenvalue weighted by Crippen LogP contribution is -1.99. The first-order valence-corrected chi connectivity index (χ1v) is 6.03. The van der Waals surface area contributed by atoms with Crippen molar-refractivity contribution in [1.82, 2.24) is 0 Å². The first-order chi connectivity index (χ1) is 6.43. The van der Waals surface area contributed by atoms with Crippen molar-refractivity contribution in [3.8, 4) is 5.75 Å². The summed E-state index contributed by atoms with van der Waals surface area (Å²) in [5.41, 5.74) is 2.49. The van der Waals surface area contributed by atoms with Crippen LogP contribution < -0.4 is 0 Å². The third-order valence-electron chi connectivity index (χ3n) is 2.36. The molecule has 0 aliphatic rings. The van der Waals surface area contributed by atoms with Gasteiger partial charge in [-0.2, -0.15) is 0 Å². The summed E-state index contributed by atoms with van der Waals surface area (Å²) in [6.07, 6.45) is 0. The van der Waals surface area contributed by atoms with Crippen LogP contribution in [0.2, 0.25) is 0 Å². The number of aromatic hydroxyl groups is 1. The van der Waals surface area contributed by atoms with Crippen molar-refractivity contribution in [3.05, 3.63) is 26.8 Å². The van der Waals surface area contributed by atoms with Crippen LogP contribution in [0.4, 0.5) is 0 Å². The lowest BCUT2D eigenvalue weighted by atomic mass is 9.95. The highest BCUT2D eigenvalue weighted by Crippen LogP contribution is 2.32. The van der Waals surface area contributed by atoms with Gasteiger partial charge in [0, 0.05) is 3.57 Å². The number of rotatable bonds is 2. The topological polar surface area (TPSA) is 20.2 Å². The molecule has 14 heavy (non-hydrogen) atoms. The van der Waals surface area contributed by atoms with Gasteiger partial charge in [-0.1, -0.05) is 27.7 Å². The zero-order valence-electron chi connectivity index (χ0n) is 9.13. The smallest absolute Gasteiger partial charge is 0.116 e. The maximum atomic E-state index is 9.61. The van der Waals surface area contributed by atoms with Crippen LogP contribution in [0.3, 0.4) is 0 Å². The second-order valence-corrected chi connectivity index (χ2v) is 5.33. The monoisotopic (exact) mass is 304 g/mol. The minimum atomic E-state index is 0.387. The molecule has 0 spiro atoms. The Morgan fingerprint density at radius 2 is 1.36 bits per heavy atom. The van der Waals surface area contributed by atoms with E-state index in [9.17, 15) is 5.11 Å². The van der Waals surface area contributed by atoms with Crippen molar-refractivity contribution >= 4 is 22.6 Å². The highest BCUT2D eigenvalue weighted by molar-refractivity contribution is 14.1. The maximum absolute atomic E-state index is 9.61. The van der Waals surface area contributed by atoms with E-state index in [1.807, 2.05) is 12.1 Å². The average molecular weight is 304 g/mol. The van der Waals surface area contributed by atoms with E-state index in [0.717, 1.165) is 0 Å². The lowest BCUT2D eigenvalue weighted by Gasteiger charge is -2.15. The van der Waals surface area contributed by atoms with Gasteiger partial charge in [0.2, 0.25) is 0 Å². The van der Waals surface area contributed by atoms with Crippen LogP contribution in [0.15, 0.2) is 12.1 Å². The molecule has 0 amide bonds. The lowest BCUT2D eigenvalue weighted by molar-refractivity contribution is 0.472. The molecule has 0 saturated carbocycles. The number of hydrogen-bond donors (Lipinski definition) is 1. The van der Waals surface area contributed by atoms with E-state index < -0.39 is 0 Å². The summed E-state index contributed by atoms with van der Waals surface area (Å²) in [4.78, 5) is 0. The van der Waals surface area contributed by atoms with E-state index >= 15 is 0 Å². The summed E-state index contributed by atoms with van der Waals surface area (Å²) in [7, 11) is 0. The zero-order valence-corrected chi connectivity index (χ0v) is 11.3. The molecule has 1 aromatic carbocycles. The van der Waals surface area contributed by atoms with Crippen LogP contribution in [0.5, 0.6) is 5.75 Å². The van der Waals surface area contributed by atoms with Crippen LogP contribution in [0.25, 0.3) is 0 Å². The summed E-state index contributed by atoms with van der Waals surface area (Å²) in [6, 6.07) is 3.75. The van der Waals surface area contributed by atoms with Crippen LogP contribution in [-0.2, 0) is 0 Å². The maximum Gasteiger partial charge on any atom is 0.116 e. The van der Waals surface area contributed by atoms with Crippen LogP contribution in [-0.4, -0.2) is 5.11 Å². The van der Waals surface area contributed by atoms with E-state index in [1.54, 1.807) is 0 Å². The average Bonchev–Trinajstić information content (AvgIpc) is 2.07. The van der Waals surface area contributed by atoms with Gasteiger partial charge in [-0.3, -0.25) is 0 Å². The number of benzene rings is 1. The fourth-order valence-electron chi connectivity index (χ4n) is 1.49. The molecule has 0 radical (unpaired) electrons. The molecular weight excluding hydrogens is 287 g/mol. The summed E-state index contributed by atoms with van der Waals surface area (Å²) >= 11 is 2.38.